The molecular weight excluding hydrogens is 163 g/mol. The maximum absolute atomic E-state index is 5.30. The number of hydrogen-bond donors (Lipinski definition) is 0. The quantitative estimate of drug-likeness (QED) is 0.342. The highest BCUT2D eigenvalue weighted by atomic mass is 79.9. The lowest BCUT2D eigenvalue weighted by molar-refractivity contribution is 0.708. The Labute approximate surface area is 61.6 Å². The summed E-state index contributed by atoms with van der Waals surface area (Å²) in [6.07, 6.45) is 5.94. The number of unbranched alkanes of at least 4 members (excludes halogenated alkanes) is 3. The average molecular weight is 175 g/mol. The van der Waals surface area contributed by atoms with Gasteiger partial charge in [0.25, 0.3) is 0 Å². The molecule has 0 aromatic carbocycles. The van der Waals surface area contributed by atoms with Crippen molar-refractivity contribution < 1.29 is 0 Å². The van der Waals surface area contributed by atoms with Crippen LogP contribution in [-0.4, -0.2) is 13.2 Å². The lowest BCUT2D eigenvalue weighted by atomic mass is 9.99. The molecule has 0 aliphatic carbocycles. The minimum Gasteiger partial charge on any atom is -0.0928 e. The maximum Gasteiger partial charge on any atom is 0.0653 e. The van der Waals surface area contributed by atoms with Crippen LogP contribution in [0.25, 0.3) is 0 Å². The molecule has 8 heavy (non-hydrogen) atoms. The first kappa shape index (κ1) is 8.54. The van der Waals surface area contributed by atoms with Gasteiger partial charge in [0, 0.05) is 5.33 Å². The Balaban J connectivity index is 2.53. The topological polar surface area (TPSA) is 0 Å². The molecule has 0 aromatic heterocycles. The summed E-state index contributed by atoms with van der Waals surface area (Å²) in [7, 11) is 5.30. The zero-order valence-corrected chi connectivity index (χ0v) is 6.78. The summed E-state index contributed by atoms with van der Waals surface area (Å²) in [5.41, 5.74) is 0. The number of hydrogen-bond acceptors (Lipinski definition) is 0. The van der Waals surface area contributed by atoms with Crippen LogP contribution in [0.2, 0.25) is 6.32 Å². The maximum atomic E-state index is 5.30. The molecule has 0 atom stereocenters. The van der Waals surface area contributed by atoms with Gasteiger partial charge < -0.3 is 0 Å². The molecule has 0 unspecified atom stereocenters. The Bertz CT molecular complexity index is 33.5. The van der Waals surface area contributed by atoms with Crippen LogP contribution in [0, 0.1) is 0 Å². The van der Waals surface area contributed by atoms with E-state index in [1.165, 1.54) is 25.7 Å². The molecule has 2 heteroatoms. The molecule has 2 radical (unpaired) electrons. The summed E-state index contributed by atoms with van der Waals surface area (Å²) < 4.78 is 0. The average Bonchev–Trinajstić information content (AvgIpc) is 1.81. The first-order valence-corrected chi connectivity index (χ1v) is 4.30. The predicted molar refractivity (Wildman–Crippen MR) is 42.8 cm³/mol. The Hall–Kier alpha value is 0.545. The van der Waals surface area contributed by atoms with Crippen molar-refractivity contribution >= 4 is 23.8 Å². The molecule has 0 saturated heterocycles. The molecule has 0 spiro atoms. The van der Waals surface area contributed by atoms with Crippen molar-refractivity contribution in [3.05, 3.63) is 0 Å². The Morgan fingerprint density at radius 1 is 1.00 bits per heavy atom. The SMILES string of the molecule is [B]CCCCCCBr. The summed E-state index contributed by atoms with van der Waals surface area (Å²) in [6.45, 7) is 0. The first-order valence-electron chi connectivity index (χ1n) is 3.18. The van der Waals surface area contributed by atoms with Gasteiger partial charge in [-0.25, -0.2) is 0 Å². The Morgan fingerprint density at radius 2 is 1.62 bits per heavy atom. The fourth-order valence-corrected chi connectivity index (χ4v) is 0.989. The highest BCUT2D eigenvalue weighted by Gasteiger charge is 1.84. The van der Waals surface area contributed by atoms with E-state index in [-0.39, 0.29) is 0 Å². The van der Waals surface area contributed by atoms with Gasteiger partial charge in [-0.15, -0.1) is 0 Å². The predicted octanol–water partition coefficient (Wildman–Crippen LogP) is 2.53. The second-order valence-electron chi connectivity index (χ2n) is 1.89. The molecule has 0 N–H and O–H groups in total. The first-order chi connectivity index (χ1) is 3.91. The minimum absolute atomic E-state index is 0.849. The second-order valence-corrected chi connectivity index (χ2v) is 2.68. The van der Waals surface area contributed by atoms with E-state index in [1.54, 1.807) is 0 Å². The van der Waals surface area contributed by atoms with E-state index in [0.717, 1.165) is 11.7 Å². The summed E-state index contributed by atoms with van der Waals surface area (Å²) in [5, 5.41) is 1.14. The largest absolute Gasteiger partial charge is 0.0928 e. The summed E-state index contributed by atoms with van der Waals surface area (Å²) >= 11 is 3.37. The smallest absolute Gasteiger partial charge is 0.0653 e. The fraction of sp³-hybridized carbons (Fsp3) is 1.00. The van der Waals surface area contributed by atoms with E-state index in [1.807, 2.05) is 0 Å². The van der Waals surface area contributed by atoms with Crippen molar-refractivity contribution in [2.45, 2.75) is 32.0 Å². The molecular formula is C6H12BBr. The number of halogens is 1. The standard InChI is InChI=1S/C6H12BBr/c7-5-3-1-2-4-6-8/h1-6H2. The second kappa shape index (κ2) is 7.54. The van der Waals surface area contributed by atoms with Crippen molar-refractivity contribution in [2.24, 2.45) is 0 Å². The minimum atomic E-state index is 0.849. The monoisotopic (exact) mass is 174 g/mol. The van der Waals surface area contributed by atoms with Crippen LogP contribution in [0.1, 0.15) is 25.7 Å². The van der Waals surface area contributed by atoms with Gasteiger partial charge in [0.05, 0.1) is 7.85 Å². The van der Waals surface area contributed by atoms with Gasteiger partial charge in [0.2, 0.25) is 0 Å². The van der Waals surface area contributed by atoms with Gasteiger partial charge >= 0.3 is 0 Å². The van der Waals surface area contributed by atoms with E-state index in [9.17, 15) is 0 Å². The molecule has 46 valence electrons. The van der Waals surface area contributed by atoms with Gasteiger partial charge in [-0.05, 0) is 6.42 Å². The molecule has 0 aromatic rings. The van der Waals surface area contributed by atoms with Crippen LogP contribution >= 0.6 is 15.9 Å². The Morgan fingerprint density at radius 3 is 2.12 bits per heavy atom. The summed E-state index contributed by atoms with van der Waals surface area (Å²) in [5.74, 6) is 0. The van der Waals surface area contributed by atoms with Crippen molar-refractivity contribution in [1.29, 1.82) is 0 Å². The van der Waals surface area contributed by atoms with Gasteiger partial charge in [0.15, 0.2) is 0 Å². The molecule has 0 heterocycles. The van der Waals surface area contributed by atoms with Crippen LogP contribution < -0.4 is 0 Å². The highest BCUT2D eigenvalue weighted by Crippen LogP contribution is 2.02. The normalized spacial score (nSPS) is 9.62. The van der Waals surface area contributed by atoms with Crippen LogP contribution in [0.4, 0.5) is 0 Å². The third kappa shape index (κ3) is 6.54. The third-order valence-corrected chi connectivity index (χ3v) is 1.65. The van der Waals surface area contributed by atoms with E-state index in [0.29, 0.717) is 0 Å². The zero-order chi connectivity index (χ0) is 6.24. The van der Waals surface area contributed by atoms with E-state index in [2.05, 4.69) is 15.9 Å². The van der Waals surface area contributed by atoms with Gasteiger partial charge in [-0.3, -0.25) is 0 Å². The number of rotatable bonds is 5. The van der Waals surface area contributed by atoms with Crippen LogP contribution in [0.15, 0.2) is 0 Å². The van der Waals surface area contributed by atoms with Gasteiger partial charge in [0.1, 0.15) is 0 Å². The molecule has 0 amide bonds. The Kier molecular flexibility index (Phi) is 8.06. The van der Waals surface area contributed by atoms with E-state index in [4.69, 9.17) is 7.85 Å². The van der Waals surface area contributed by atoms with Crippen molar-refractivity contribution in [3.63, 3.8) is 0 Å². The number of alkyl halides is 1. The molecule has 0 aliphatic rings. The highest BCUT2D eigenvalue weighted by molar-refractivity contribution is 9.09. The third-order valence-electron chi connectivity index (χ3n) is 1.09. The van der Waals surface area contributed by atoms with Crippen molar-refractivity contribution in [1.82, 2.24) is 0 Å². The van der Waals surface area contributed by atoms with Crippen LogP contribution in [0.3, 0.4) is 0 Å². The van der Waals surface area contributed by atoms with Crippen LogP contribution in [-0.2, 0) is 0 Å². The molecule has 0 aliphatic heterocycles. The molecule has 0 nitrogen and oxygen atoms in total. The molecule has 0 fully saturated rings. The molecule has 0 rings (SSSR count). The van der Waals surface area contributed by atoms with Crippen molar-refractivity contribution in [3.8, 4) is 0 Å². The lowest BCUT2D eigenvalue weighted by Gasteiger charge is -1.93. The van der Waals surface area contributed by atoms with E-state index < -0.39 is 0 Å². The fourth-order valence-electron chi connectivity index (χ4n) is 0.592. The van der Waals surface area contributed by atoms with Crippen LogP contribution in [0.5, 0.6) is 0 Å². The van der Waals surface area contributed by atoms with Crippen molar-refractivity contribution in [2.75, 3.05) is 5.33 Å². The summed E-state index contributed by atoms with van der Waals surface area (Å²) in [4.78, 5) is 0. The molecule has 0 saturated carbocycles. The van der Waals surface area contributed by atoms with Gasteiger partial charge in [-0.2, -0.15) is 0 Å². The van der Waals surface area contributed by atoms with Gasteiger partial charge in [-0.1, -0.05) is 41.5 Å². The lowest BCUT2D eigenvalue weighted by Crippen LogP contribution is -1.77. The zero-order valence-electron chi connectivity index (χ0n) is 5.20. The summed E-state index contributed by atoms with van der Waals surface area (Å²) in [6, 6.07) is 0. The molecule has 0 bridgehead atoms. The van der Waals surface area contributed by atoms with E-state index >= 15 is 0 Å².